The molecular weight excluding hydrogens is 232 g/mol. The maximum Gasteiger partial charge on any atom is 0.224 e. The lowest BCUT2D eigenvalue weighted by molar-refractivity contribution is -0.116. The molecule has 0 aromatic heterocycles. The monoisotopic (exact) mass is 248 g/mol. The van der Waals surface area contributed by atoms with E-state index in [1.165, 1.54) is 0 Å². The summed E-state index contributed by atoms with van der Waals surface area (Å²) in [6.07, 6.45) is 1.10. The molecule has 5 heteroatoms. The first kappa shape index (κ1) is 14.0. The number of rotatable bonds is 7. The van der Waals surface area contributed by atoms with Crippen LogP contribution in [-0.2, 0) is 9.53 Å². The lowest BCUT2D eigenvalue weighted by atomic mass is 10.2. The van der Waals surface area contributed by atoms with Crippen molar-refractivity contribution in [2.24, 2.45) is 0 Å². The van der Waals surface area contributed by atoms with Crippen molar-refractivity contribution >= 4 is 11.6 Å². The van der Waals surface area contributed by atoms with Gasteiger partial charge in [-0.05, 0) is 18.6 Å². The lowest BCUT2D eigenvalue weighted by Crippen LogP contribution is -2.12. The molecule has 0 fully saturated rings. The van der Waals surface area contributed by atoms with Crippen molar-refractivity contribution in [2.45, 2.75) is 12.8 Å². The first-order chi connectivity index (χ1) is 8.76. The Balaban J connectivity index is 2.46. The summed E-state index contributed by atoms with van der Waals surface area (Å²) in [6, 6.07) is 8.84. The van der Waals surface area contributed by atoms with Gasteiger partial charge in [-0.3, -0.25) is 4.79 Å². The normalized spacial score (nSPS) is 9.56. The van der Waals surface area contributed by atoms with Crippen LogP contribution >= 0.6 is 0 Å². The summed E-state index contributed by atoms with van der Waals surface area (Å²) >= 11 is 0. The second-order valence-electron chi connectivity index (χ2n) is 3.62. The Morgan fingerprint density at radius 2 is 2.33 bits per heavy atom. The topological polar surface area (TPSA) is 71.3 Å². The average molecular weight is 248 g/mol. The molecule has 1 aromatic rings. The molecule has 5 nitrogen and oxygen atoms in total. The van der Waals surface area contributed by atoms with Gasteiger partial charge in [0.15, 0.2) is 6.61 Å². The molecule has 0 aliphatic rings. The van der Waals surface area contributed by atoms with Gasteiger partial charge in [0, 0.05) is 31.9 Å². The molecule has 1 amide bonds. The number of carbonyl (C=O) groups excluding carboxylic acids is 1. The minimum Gasteiger partial charge on any atom is -0.479 e. The van der Waals surface area contributed by atoms with Crippen LogP contribution in [0.1, 0.15) is 12.8 Å². The third-order valence-electron chi connectivity index (χ3n) is 2.17. The molecule has 96 valence electrons. The van der Waals surface area contributed by atoms with E-state index in [9.17, 15) is 4.79 Å². The lowest BCUT2D eigenvalue weighted by Gasteiger charge is -2.07. The SMILES string of the molecule is COCCCC(=O)Nc1cccc(OCC#N)c1. The number of anilines is 1. The van der Waals surface area contributed by atoms with Crippen LogP contribution in [0.15, 0.2) is 24.3 Å². The van der Waals surface area contributed by atoms with Crippen LogP contribution in [0.5, 0.6) is 5.75 Å². The highest BCUT2D eigenvalue weighted by Gasteiger charge is 2.03. The highest BCUT2D eigenvalue weighted by molar-refractivity contribution is 5.90. The summed E-state index contributed by atoms with van der Waals surface area (Å²) in [5.74, 6) is 0.496. The summed E-state index contributed by atoms with van der Waals surface area (Å²) < 4.78 is 10.0. The Morgan fingerprint density at radius 3 is 3.06 bits per heavy atom. The van der Waals surface area contributed by atoms with Gasteiger partial charge in [-0.15, -0.1) is 0 Å². The number of hydrogen-bond donors (Lipinski definition) is 1. The standard InChI is InChI=1S/C13H16N2O3/c1-17-8-3-6-13(16)15-11-4-2-5-12(10-11)18-9-7-14/h2,4-5,10H,3,6,8-9H2,1H3,(H,15,16). The molecule has 0 bridgehead atoms. The summed E-state index contributed by atoms with van der Waals surface area (Å²) in [7, 11) is 1.61. The van der Waals surface area contributed by atoms with Gasteiger partial charge in [-0.2, -0.15) is 5.26 Å². The fourth-order valence-corrected chi connectivity index (χ4v) is 1.38. The summed E-state index contributed by atoms with van der Waals surface area (Å²) in [4.78, 5) is 11.6. The first-order valence-electron chi connectivity index (χ1n) is 5.65. The Kier molecular flexibility index (Phi) is 6.30. The fourth-order valence-electron chi connectivity index (χ4n) is 1.38. The van der Waals surface area contributed by atoms with Gasteiger partial charge in [0.2, 0.25) is 5.91 Å². The van der Waals surface area contributed by atoms with Crippen LogP contribution in [-0.4, -0.2) is 26.2 Å². The molecule has 0 aliphatic heterocycles. The predicted octanol–water partition coefficient (Wildman–Crippen LogP) is 1.95. The van der Waals surface area contributed by atoms with Crippen molar-refractivity contribution in [1.29, 1.82) is 5.26 Å². The first-order valence-corrected chi connectivity index (χ1v) is 5.65. The second kappa shape index (κ2) is 8.09. The van der Waals surface area contributed by atoms with E-state index in [1.54, 1.807) is 31.4 Å². The zero-order chi connectivity index (χ0) is 13.2. The minimum atomic E-state index is -0.0653. The van der Waals surface area contributed by atoms with E-state index in [2.05, 4.69) is 5.32 Å². The number of hydrogen-bond acceptors (Lipinski definition) is 4. The third-order valence-corrected chi connectivity index (χ3v) is 2.17. The third kappa shape index (κ3) is 5.32. The molecule has 0 radical (unpaired) electrons. The quantitative estimate of drug-likeness (QED) is 0.749. The van der Waals surface area contributed by atoms with Crippen molar-refractivity contribution in [3.05, 3.63) is 24.3 Å². The largest absolute Gasteiger partial charge is 0.479 e. The van der Waals surface area contributed by atoms with E-state index in [0.29, 0.717) is 30.9 Å². The van der Waals surface area contributed by atoms with Gasteiger partial charge in [0.05, 0.1) is 0 Å². The van der Waals surface area contributed by atoms with Crippen molar-refractivity contribution in [3.8, 4) is 11.8 Å². The van der Waals surface area contributed by atoms with Gasteiger partial charge in [-0.1, -0.05) is 6.07 Å². The number of ether oxygens (including phenoxy) is 2. The van der Waals surface area contributed by atoms with E-state index >= 15 is 0 Å². The molecule has 1 rings (SSSR count). The number of methoxy groups -OCH3 is 1. The van der Waals surface area contributed by atoms with Crippen LogP contribution in [0.2, 0.25) is 0 Å². The number of nitrogens with one attached hydrogen (secondary N) is 1. The smallest absolute Gasteiger partial charge is 0.224 e. The molecule has 0 aliphatic carbocycles. The highest BCUT2D eigenvalue weighted by Crippen LogP contribution is 2.17. The highest BCUT2D eigenvalue weighted by atomic mass is 16.5. The molecule has 0 unspecified atom stereocenters. The minimum absolute atomic E-state index is 0.00869. The van der Waals surface area contributed by atoms with Crippen LogP contribution in [0.4, 0.5) is 5.69 Å². The van der Waals surface area contributed by atoms with Gasteiger partial charge in [0.25, 0.3) is 0 Å². The van der Waals surface area contributed by atoms with E-state index in [-0.39, 0.29) is 12.5 Å². The van der Waals surface area contributed by atoms with Gasteiger partial charge < -0.3 is 14.8 Å². The molecule has 0 saturated carbocycles. The molecule has 1 aromatic carbocycles. The summed E-state index contributed by atoms with van der Waals surface area (Å²) in [5.41, 5.74) is 0.660. The fraction of sp³-hybridized carbons (Fsp3) is 0.385. The van der Waals surface area contributed by atoms with Crippen molar-refractivity contribution < 1.29 is 14.3 Å². The average Bonchev–Trinajstić information content (AvgIpc) is 2.37. The Bertz CT molecular complexity index is 426. The van der Waals surface area contributed by atoms with E-state index in [4.69, 9.17) is 14.7 Å². The van der Waals surface area contributed by atoms with E-state index < -0.39 is 0 Å². The molecule has 0 atom stereocenters. The molecule has 0 saturated heterocycles. The van der Waals surface area contributed by atoms with Crippen molar-refractivity contribution in [1.82, 2.24) is 0 Å². The van der Waals surface area contributed by atoms with Gasteiger partial charge in [-0.25, -0.2) is 0 Å². The Labute approximate surface area is 106 Å². The van der Waals surface area contributed by atoms with Crippen LogP contribution in [0.25, 0.3) is 0 Å². The van der Waals surface area contributed by atoms with E-state index in [0.717, 1.165) is 0 Å². The number of benzene rings is 1. The van der Waals surface area contributed by atoms with Crippen LogP contribution in [0.3, 0.4) is 0 Å². The summed E-state index contributed by atoms with van der Waals surface area (Å²) in [5, 5.41) is 11.2. The van der Waals surface area contributed by atoms with Crippen molar-refractivity contribution in [3.63, 3.8) is 0 Å². The van der Waals surface area contributed by atoms with Gasteiger partial charge in [0.1, 0.15) is 11.8 Å². The maximum absolute atomic E-state index is 11.6. The molecule has 18 heavy (non-hydrogen) atoms. The number of amides is 1. The van der Waals surface area contributed by atoms with Crippen molar-refractivity contribution in [2.75, 3.05) is 25.6 Å². The van der Waals surface area contributed by atoms with Gasteiger partial charge >= 0.3 is 0 Å². The predicted molar refractivity (Wildman–Crippen MR) is 67.3 cm³/mol. The Hall–Kier alpha value is -2.06. The number of nitrogens with zero attached hydrogens (tertiary/aromatic N) is 1. The Morgan fingerprint density at radius 1 is 1.50 bits per heavy atom. The number of carbonyl (C=O) groups is 1. The maximum atomic E-state index is 11.6. The zero-order valence-corrected chi connectivity index (χ0v) is 10.3. The molecular formula is C13H16N2O3. The summed E-state index contributed by atoms with van der Waals surface area (Å²) in [6.45, 7) is 0.560. The molecule has 0 heterocycles. The van der Waals surface area contributed by atoms with E-state index in [1.807, 2.05) is 6.07 Å². The zero-order valence-electron chi connectivity index (χ0n) is 10.3. The van der Waals surface area contributed by atoms with Crippen LogP contribution < -0.4 is 10.1 Å². The molecule has 0 spiro atoms. The number of nitriles is 1. The second-order valence-corrected chi connectivity index (χ2v) is 3.62. The molecule has 1 N–H and O–H groups in total. The van der Waals surface area contributed by atoms with Crippen LogP contribution in [0, 0.1) is 11.3 Å².